The number of aliphatic carboxylic acids is 1. The van der Waals surface area contributed by atoms with E-state index in [0.29, 0.717) is 18.6 Å². The van der Waals surface area contributed by atoms with Gasteiger partial charge in [-0.25, -0.2) is 4.79 Å². The van der Waals surface area contributed by atoms with Crippen molar-refractivity contribution in [2.45, 2.75) is 83.4 Å². The standard InChI is InChI=1S/C27H36BNO4/c1-6-27(24(30)31,19-13-14-20-28-32-25(2,3)26(4,5)33-28)29-23(21-15-9-7-10-16-21)22-17-11-8-12-18-22/h7-12,15-18H,6,13-14,19-20H2,1-5H3,(H,30,31). The van der Waals surface area contributed by atoms with Crippen LogP contribution in [-0.2, 0) is 14.1 Å². The summed E-state index contributed by atoms with van der Waals surface area (Å²) in [6.07, 6.45) is 3.15. The van der Waals surface area contributed by atoms with E-state index in [1.54, 1.807) is 0 Å². The van der Waals surface area contributed by atoms with Crippen LogP contribution in [0.15, 0.2) is 65.7 Å². The highest BCUT2D eigenvalue weighted by atomic mass is 16.7. The third-order valence-electron chi connectivity index (χ3n) is 6.99. The number of rotatable bonds is 10. The van der Waals surface area contributed by atoms with Crippen molar-refractivity contribution in [3.63, 3.8) is 0 Å². The summed E-state index contributed by atoms with van der Waals surface area (Å²) in [5.41, 5.74) is 0.663. The maximum atomic E-state index is 12.5. The quantitative estimate of drug-likeness (QED) is 0.274. The number of hydrogen-bond acceptors (Lipinski definition) is 4. The molecule has 176 valence electrons. The molecule has 0 bridgehead atoms. The molecule has 0 saturated carbocycles. The number of aliphatic imine (C=N–C) groups is 1. The molecule has 1 heterocycles. The third kappa shape index (κ3) is 5.74. The predicted octanol–water partition coefficient (Wildman–Crippen LogP) is 6.02. The summed E-state index contributed by atoms with van der Waals surface area (Å²) in [6.45, 7) is 10.1. The minimum Gasteiger partial charge on any atom is -0.479 e. The molecule has 0 spiro atoms. The topological polar surface area (TPSA) is 68.1 Å². The van der Waals surface area contributed by atoms with Crippen LogP contribution < -0.4 is 0 Å². The summed E-state index contributed by atoms with van der Waals surface area (Å²) in [5.74, 6) is -0.884. The van der Waals surface area contributed by atoms with E-state index in [1.807, 2.05) is 95.3 Å². The highest BCUT2D eigenvalue weighted by Gasteiger charge is 2.50. The first-order valence-electron chi connectivity index (χ1n) is 11.9. The Hall–Kier alpha value is -2.44. The van der Waals surface area contributed by atoms with Crippen molar-refractivity contribution in [3.8, 4) is 0 Å². The van der Waals surface area contributed by atoms with Crippen LogP contribution in [0.1, 0.15) is 71.4 Å². The van der Waals surface area contributed by atoms with Crippen molar-refractivity contribution in [2.24, 2.45) is 4.99 Å². The molecular weight excluding hydrogens is 413 g/mol. The molecule has 0 aromatic heterocycles. The van der Waals surface area contributed by atoms with E-state index in [4.69, 9.17) is 14.3 Å². The van der Waals surface area contributed by atoms with Crippen LogP contribution in [0.25, 0.3) is 0 Å². The fraction of sp³-hybridized carbons (Fsp3) is 0.481. The number of carboxylic acid groups (broad SMARTS) is 1. The molecule has 1 aliphatic rings. The molecule has 1 atom stereocenters. The lowest BCUT2D eigenvalue weighted by Gasteiger charge is -2.32. The van der Waals surface area contributed by atoms with E-state index in [0.717, 1.165) is 30.3 Å². The van der Waals surface area contributed by atoms with Crippen LogP contribution in [0.4, 0.5) is 0 Å². The number of benzene rings is 2. The highest BCUT2D eigenvalue weighted by molar-refractivity contribution is 6.45. The van der Waals surface area contributed by atoms with E-state index in [1.165, 1.54) is 0 Å². The van der Waals surface area contributed by atoms with Crippen LogP contribution in [-0.4, -0.2) is 40.6 Å². The molecule has 1 fully saturated rings. The van der Waals surface area contributed by atoms with Crippen molar-refractivity contribution in [2.75, 3.05) is 0 Å². The van der Waals surface area contributed by atoms with Gasteiger partial charge in [0, 0.05) is 11.1 Å². The van der Waals surface area contributed by atoms with Gasteiger partial charge in [0.25, 0.3) is 0 Å². The van der Waals surface area contributed by atoms with Gasteiger partial charge in [-0.1, -0.05) is 80.4 Å². The van der Waals surface area contributed by atoms with Gasteiger partial charge in [-0.15, -0.1) is 0 Å². The zero-order valence-corrected chi connectivity index (χ0v) is 20.5. The van der Waals surface area contributed by atoms with E-state index in [2.05, 4.69) is 0 Å². The first kappa shape index (κ1) is 25.2. The summed E-state index contributed by atoms with van der Waals surface area (Å²) >= 11 is 0. The molecule has 6 heteroatoms. The Balaban J connectivity index is 1.79. The number of carboxylic acids is 1. The molecular formula is C27H36BNO4. The SMILES string of the molecule is CCC(CCCCB1OC(C)(C)C(C)(C)O1)(N=C(c1ccccc1)c1ccccc1)C(=O)O. The first-order valence-corrected chi connectivity index (χ1v) is 11.9. The number of nitrogens with zero attached hydrogens (tertiary/aromatic N) is 1. The number of unbranched alkanes of at least 4 members (excludes halogenated alkanes) is 1. The van der Waals surface area contributed by atoms with Gasteiger partial charge in [0.1, 0.15) is 0 Å². The smallest absolute Gasteiger partial charge is 0.457 e. The summed E-state index contributed by atoms with van der Waals surface area (Å²) in [6, 6.07) is 19.6. The van der Waals surface area contributed by atoms with Gasteiger partial charge in [0.05, 0.1) is 16.9 Å². The fourth-order valence-corrected chi connectivity index (χ4v) is 4.13. The Kier molecular flexibility index (Phi) is 7.81. The molecule has 0 radical (unpaired) electrons. The van der Waals surface area contributed by atoms with Crippen LogP contribution >= 0.6 is 0 Å². The maximum Gasteiger partial charge on any atom is 0.457 e. The Morgan fingerprint density at radius 3 is 1.82 bits per heavy atom. The van der Waals surface area contributed by atoms with Gasteiger partial charge in [0.15, 0.2) is 5.54 Å². The molecule has 2 aromatic rings. The van der Waals surface area contributed by atoms with Crippen molar-refractivity contribution in [3.05, 3.63) is 71.8 Å². The molecule has 2 aromatic carbocycles. The van der Waals surface area contributed by atoms with E-state index >= 15 is 0 Å². The Bertz CT molecular complexity index is 901. The van der Waals surface area contributed by atoms with Gasteiger partial charge >= 0.3 is 13.1 Å². The van der Waals surface area contributed by atoms with Crippen LogP contribution in [0.3, 0.4) is 0 Å². The number of carbonyl (C=O) groups is 1. The summed E-state index contributed by atoms with van der Waals surface area (Å²) in [4.78, 5) is 17.5. The van der Waals surface area contributed by atoms with Gasteiger partial charge in [0.2, 0.25) is 0 Å². The van der Waals surface area contributed by atoms with Gasteiger partial charge < -0.3 is 14.4 Å². The van der Waals surface area contributed by atoms with Crippen LogP contribution in [0.5, 0.6) is 0 Å². The molecule has 1 aliphatic heterocycles. The Morgan fingerprint density at radius 2 is 1.39 bits per heavy atom. The zero-order chi connectivity index (χ0) is 24.1. The molecule has 33 heavy (non-hydrogen) atoms. The molecule has 5 nitrogen and oxygen atoms in total. The second-order valence-electron chi connectivity index (χ2n) is 9.81. The molecule has 1 unspecified atom stereocenters. The number of hydrogen-bond donors (Lipinski definition) is 1. The van der Waals surface area contributed by atoms with Gasteiger partial charge in [-0.3, -0.25) is 4.99 Å². The Labute approximate surface area is 198 Å². The van der Waals surface area contributed by atoms with Crippen LogP contribution in [0, 0.1) is 0 Å². The Morgan fingerprint density at radius 1 is 0.909 bits per heavy atom. The minimum atomic E-state index is -1.18. The largest absolute Gasteiger partial charge is 0.479 e. The molecule has 0 aliphatic carbocycles. The normalized spacial score (nSPS) is 18.5. The second kappa shape index (κ2) is 10.2. The van der Waals surface area contributed by atoms with Crippen LogP contribution in [0.2, 0.25) is 6.32 Å². The highest BCUT2D eigenvalue weighted by Crippen LogP contribution is 2.38. The lowest BCUT2D eigenvalue weighted by molar-refractivity contribution is -0.143. The van der Waals surface area contributed by atoms with Crippen molar-refractivity contribution in [1.82, 2.24) is 0 Å². The monoisotopic (exact) mass is 449 g/mol. The van der Waals surface area contributed by atoms with Crippen molar-refractivity contribution < 1.29 is 19.2 Å². The van der Waals surface area contributed by atoms with E-state index in [-0.39, 0.29) is 18.3 Å². The molecule has 0 amide bonds. The second-order valence-corrected chi connectivity index (χ2v) is 9.81. The maximum absolute atomic E-state index is 12.5. The fourth-order valence-electron chi connectivity index (χ4n) is 4.13. The van der Waals surface area contributed by atoms with Crippen molar-refractivity contribution in [1.29, 1.82) is 0 Å². The van der Waals surface area contributed by atoms with Crippen molar-refractivity contribution >= 4 is 18.8 Å². The lowest BCUT2D eigenvalue weighted by atomic mass is 9.80. The van der Waals surface area contributed by atoms with E-state index < -0.39 is 11.5 Å². The zero-order valence-electron chi connectivity index (χ0n) is 20.5. The first-order chi connectivity index (χ1) is 15.6. The van der Waals surface area contributed by atoms with E-state index in [9.17, 15) is 9.90 Å². The summed E-state index contributed by atoms with van der Waals surface area (Å²) in [7, 11) is -0.261. The summed E-state index contributed by atoms with van der Waals surface area (Å²) in [5, 5.41) is 10.3. The van der Waals surface area contributed by atoms with Gasteiger partial charge in [-0.05, 0) is 46.9 Å². The van der Waals surface area contributed by atoms with Gasteiger partial charge in [-0.2, -0.15) is 0 Å². The third-order valence-corrected chi connectivity index (χ3v) is 6.99. The molecule has 3 rings (SSSR count). The predicted molar refractivity (Wildman–Crippen MR) is 134 cm³/mol. The minimum absolute atomic E-state index is 0.261. The average molecular weight is 449 g/mol. The molecule has 1 N–H and O–H groups in total. The lowest BCUT2D eigenvalue weighted by Crippen LogP contribution is -2.41. The average Bonchev–Trinajstić information content (AvgIpc) is 3.00. The molecule has 1 saturated heterocycles. The summed E-state index contributed by atoms with van der Waals surface area (Å²) < 4.78 is 12.2.